The molecule has 1 aliphatic carbocycles. The summed E-state index contributed by atoms with van der Waals surface area (Å²) >= 11 is 0. The highest BCUT2D eigenvalue weighted by Gasteiger charge is 2.23. The van der Waals surface area contributed by atoms with Gasteiger partial charge >= 0.3 is 5.97 Å². The van der Waals surface area contributed by atoms with Gasteiger partial charge in [-0.1, -0.05) is 36.4 Å². The van der Waals surface area contributed by atoms with Crippen LogP contribution in [0.1, 0.15) is 37.0 Å². The first kappa shape index (κ1) is 21.3. The van der Waals surface area contributed by atoms with Gasteiger partial charge in [-0.05, 0) is 68.0 Å². The van der Waals surface area contributed by atoms with E-state index in [1.54, 1.807) is 6.08 Å². The minimum Gasteiger partial charge on any atom is -0.451 e. The van der Waals surface area contributed by atoms with Crippen LogP contribution in [0, 0.1) is 0 Å². The molecular weight excluding hydrogens is 380 g/mol. The van der Waals surface area contributed by atoms with Crippen molar-refractivity contribution in [2.75, 3.05) is 5.32 Å². The third-order valence-electron chi connectivity index (χ3n) is 4.97. The Kier molecular flexibility index (Phi) is 7.01. The van der Waals surface area contributed by atoms with E-state index in [4.69, 9.17) is 4.74 Å². The molecule has 0 saturated heterocycles. The van der Waals surface area contributed by atoms with Crippen molar-refractivity contribution in [2.24, 2.45) is 0 Å². The largest absolute Gasteiger partial charge is 0.451 e. The Morgan fingerprint density at radius 1 is 1.00 bits per heavy atom. The van der Waals surface area contributed by atoms with Gasteiger partial charge < -0.3 is 15.4 Å². The zero-order valence-electron chi connectivity index (χ0n) is 17.2. The molecule has 0 saturated carbocycles. The van der Waals surface area contributed by atoms with Gasteiger partial charge in [0, 0.05) is 11.8 Å². The average Bonchev–Trinajstić information content (AvgIpc) is 3.20. The van der Waals surface area contributed by atoms with Gasteiger partial charge in [-0.2, -0.15) is 0 Å². The summed E-state index contributed by atoms with van der Waals surface area (Å²) in [7, 11) is 0. The monoisotopic (exact) mass is 406 g/mol. The van der Waals surface area contributed by atoms with Gasteiger partial charge in [0.2, 0.25) is 5.91 Å². The lowest BCUT2D eigenvalue weighted by Crippen LogP contribution is -2.41. The minimum absolute atomic E-state index is 0.413. The molecule has 0 fully saturated rings. The number of benzene rings is 2. The van der Waals surface area contributed by atoms with Gasteiger partial charge in [0.1, 0.15) is 6.04 Å². The zero-order valence-corrected chi connectivity index (χ0v) is 17.2. The van der Waals surface area contributed by atoms with Crippen molar-refractivity contribution in [2.45, 2.75) is 45.3 Å². The van der Waals surface area contributed by atoms with Crippen LogP contribution in [-0.4, -0.2) is 29.9 Å². The van der Waals surface area contributed by atoms with Crippen molar-refractivity contribution in [3.05, 3.63) is 71.3 Å². The summed E-state index contributed by atoms with van der Waals surface area (Å²) in [6, 6.07) is 14.3. The number of hydrogen-bond donors (Lipinski definition) is 2. The average molecular weight is 406 g/mol. The highest BCUT2D eigenvalue weighted by molar-refractivity contribution is 5.97. The van der Waals surface area contributed by atoms with Gasteiger partial charge in [-0.15, -0.1) is 0 Å². The molecule has 6 heteroatoms. The van der Waals surface area contributed by atoms with Crippen molar-refractivity contribution in [3.63, 3.8) is 0 Å². The summed E-state index contributed by atoms with van der Waals surface area (Å²) in [4.78, 5) is 36.6. The Morgan fingerprint density at radius 2 is 1.73 bits per heavy atom. The van der Waals surface area contributed by atoms with Crippen LogP contribution in [0.5, 0.6) is 0 Å². The van der Waals surface area contributed by atoms with E-state index in [0.29, 0.717) is 5.69 Å². The highest BCUT2D eigenvalue weighted by Crippen LogP contribution is 2.25. The predicted molar refractivity (Wildman–Crippen MR) is 116 cm³/mol. The third-order valence-corrected chi connectivity index (χ3v) is 4.97. The van der Waals surface area contributed by atoms with Crippen LogP contribution in [0.2, 0.25) is 0 Å². The van der Waals surface area contributed by atoms with Crippen molar-refractivity contribution in [3.8, 4) is 0 Å². The van der Waals surface area contributed by atoms with Gasteiger partial charge in [0.05, 0.1) is 0 Å². The smallest absolute Gasteiger partial charge is 0.329 e. The molecule has 6 nitrogen and oxygen atoms in total. The highest BCUT2D eigenvalue weighted by atomic mass is 16.5. The number of ether oxygens (including phenoxy) is 1. The van der Waals surface area contributed by atoms with Crippen molar-refractivity contribution >= 4 is 29.5 Å². The van der Waals surface area contributed by atoms with Crippen LogP contribution in [0.25, 0.3) is 6.08 Å². The second-order valence-corrected chi connectivity index (χ2v) is 7.38. The third kappa shape index (κ3) is 5.80. The fourth-order valence-electron chi connectivity index (χ4n) is 3.28. The zero-order chi connectivity index (χ0) is 21.5. The number of nitrogens with one attached hydrogen (secondary N) is 2. The van der Waals surface area contributed by atoms with E-state index in [0.717, 1.165) is 24.8 Å². The first-order valence-electron chi connectivity index (χ1n) is 10.1. The molecule has 2 aromatic carbocycles. The molecule has 2 atom stereocenters. The van der Waals surface area contributed by atoms with E-state index in [1.165, 1.54) is 31.1 Å². The van der Waals surface area contributed by atoms with Crippen LogP contribution in [0.15, 0.2) is 54.6 Å². The topological polar surface area (TPSA) is 84.5 Å². The Hall–Kier alpha value is -3.41. The van der Waals surface area contributed by atoms with Gasteiger partial charge in [-0.25, -0.2) is 4.79 Å². The predicted octanol–water partition coefficient (Wildman–Crippen LogP) is 3.26. The molecule has 156 valence electrons. The van der Waals surface area contributed by atoms with Crippen LogP contribution in [0.3, 0.4) is 0 Å². The number of rotatable bonds is 7. The van der Waals surface area contributed by atoms with Crippen molar-refractivity contribution in [1.82, 2.24) is 5.32 Å². The molecular formula is C24H26N2O4. The van der Waals surface area contributed by atoms with Gasteiger partial charge in [0.25, 0.3) is 5.91 Å². The lowest BCUT2D eigenvalue weighted by molar-refractivity contribution is -0.155. The Bertz CT molecular complexity index is 953. The molecule has 0 unspecified atom stereocenters. The summed E-state index contributed by atoms with van der Waals surface area (Å²) in [5.41, 5.74) is 4.13. The maximum Gasteiger partial charge on any atom is 0.329 e. The molecule has 2 aromatic rings. The number of carbonyl (C=O) groups is 3. The van der Waals surface area contributed by atoms with Crippen LogP contribution in [-0.2, 0) is 32.0 Å². The van der Waals surface area contributed by atoms with E-state index >= 15 is 0 Å². The van der Waals surface area contributed by atoms with Crippen LogP contribution in [0.4, 0.5) is 5.69 Å². The number of anilines is 1. The van der Waals surface area contributed by atoms with E-state index in [2.05, 4.69) is 10.6 Å². The molecule has 0 aliphatic heterocycles. The van der Waals surface area contributed by atoms with E-state index in [9.17, 15) is 14.4 Å². The summed E-state index contributed by atoms with van der Waals surface area (Å²) in [6.07, 6.45) is 5.24. The first-order chi connectivity index (χ1) is 14.4. The fraction of sp³-hybridized carbons (Fsp3) is 0.292. The molecule has 2 N–H and O–H groups in total. The lowest BCUT2D eigenvalue weighted by atomic mass is 10.1. The van der Waals surface area contributed by atoms with E-state index in [-0.39, 0.29) is 0 Å². The number of amides is 2. The summed E-state index contributed by atoms with van der Waals surface area (Å²) < 4.78 is 5.21. The van der Waals surface area contributed by atoms with Crippen molar-refractivity contribution < 1.29 is 19.1 Å². The Labute approximate surface area is 176 Å². The van der Waals surface area contributed by atoms with Gasteiger partial charge in [-0.3, -0.25) is 9.59 Å². The number of aryl methyl sites for hydroxylation is 2. The standard InChI is InChI=1S/C24H26N2O4/c1-16(25-22(27)14-11-18-7-4-3-5-8-18)24(29)30-17(2)23(28)26-21-13-12-19-9-6-10-20(19)15-21/h3-5,7-8,11-17H,6,9-10H2,1-2H3,(H,25,27)(H,26,28)/b14-11+/t16-,17+/m0/s1. The molecule has 0 aromatic heterocycles. The van der Waals surface area contributed by atoms with E-state index < -0.39 is 29.9 Å². The number of hydrogen-bond acceptors (Lipinski definition) is 4. The second kappa shape index (κ2) is 9.87. The quantitative estimate of drug-likeness (QED) is 0.546. The number of carbonyl (C=O) groups excluding carboxylic acids is 3. The number of esters is 1. The molecule has 30 heavy (non-hydrogen) atoms. The summed E-state index contributed by atoms with van der Waals surface area (Å²) in [5.74, 6) is -1.50. The van der Waals surface area contributed by atoms with Crippen LogP contribution >= 0.6 is 0 Å². The molecule has 2 amide bonds. The molecule has 3 rings (SSSR count). The normalized spacial score (nSPS) is 14.6. The molecule has 0 heterocycles. The Balaban J connectivity index is 1.47. The minimum atomic E-state index is -0.982. The maximum absolute atomic E-state index is 12.4. The first-order valence-corrected chi connectivity index (χ1v) is 10.1. The molecule has 1 aliphatic rings. The maximum atomic E-state index is 12.4. The summed E-state index contributed by atoms with van der Waals surface area (Å²) in [6.45, 7) is 3.02. The van der Waals surface area contributed by atoms with Crippen LogP contribution < -0.4 is 10.6 Å². The molecule has 0 spiro atoms. The SMILES string of the molecule is C[C@H](NC(=O)/C=C/c1ccccc1)C(=O)O[C@H](C)C(=O)Nc1ccc2c(c1)CCC2. The van der Waals surface area contributed by atoms with E-state index in [1.807, 2.05) is 48.5 Å². The lowest BCUT2D eigenvalue weighted by Gasteiger charge is -2.17. The summed E-state index contributed by atoms with van der Waals surface area (Å²) in [5, 5.41) is 5.32. The number of fused-ring (bicyclic) bond motifs is 1. The van der Waals surface area contributed by atoms with Crippen molar-refractivity contribution in [1.29, 1.82) is 0 Å². The second-order valence-electron chi connectivity index (χ2n) is 7.38. The molecule has 0 radical (unpaired) electrons. The molecule has 0 bridgehead atoms. The fourth-order valence-corrected chi connectivity index (χ4v) is 3.28. The van der Waals surface area contributed by atoms with Gasteiger partial charge in [0.15, 0.2) is 6.10 Å². The Morgan fingerprint density at radius 3 is 2.50 bits per heavy atom.